The van der Waals surface area contributed by atoms with E-state index in [-0.39, 0.29) is 11.9 Å². The second kappa shape index (κ2) is 11.5. The lowest BCUT2D eigenvalue weighted by atomic mass is 10.00. The van der Waals surface area contributed by atoms with Gasteiger partial charge in [-0.05, 0) is 71.6 Å². The lowest BCUT2D eigenvalue weighted by molar-refractivity contribution is -0.141. The molecule has 5 nitrogen and oxygen atoms in total. The van der Waals surface area contributed by atoms with Gasteiger partial charge in [-0.3, -0.25) is 9.59 Å². The maximum atomic E-state index is 11.2. The van der Waals surface area contributed by atoms with Crippen LogP contribution in [0.2, 0.25) is 0 Å². The lowest BCUT2D eigenvalue weighted by Crippen LogP contribution is -2.03. The quantitative estimate of drug-likeness (QED) is 0.303. The molecule has 0 aliphatic rings. The molecule has 0 bridgehead atoms. The molecular weight excluding hydrogens is 454 g/mol. The molecule has 0 heterocycles. The van der Waals surface area contributed by atoms with Gasteiger partial charge in [0, 0.05) is 27.5 Å². The number of carbonyl (C=O) groups is 2. The van der Waals surface area contributed by atoms with Crippen LogP contribution in [0, 0.1) is 0 Å². The van der Waals surface area contributed by atoms with E-state index in [0.717, 1.165) is 64.3 Å². The highest BCUT2D eigenvalue weighted by Crippen LogP contribution is 2.35. The van der Waals surface area contributed by atoms with E-state index in [1.165, 1.54) is 14.2 Å². The molecule has 0 aromatic heterocycles. The van der Waals surface area contributed by atoms with Gasteiger partial charge in [0.1, 0.15) is 0 Å². The molecule has 0 unspecified atom stereocenters. The monoisotopic (exact) mass is 477 g/mol. The average molecular weight is 479 g/mol. The number of hydrogen-bond acceptors (Lipinski definition) is 5. The number of nitrogen functional groups attached to an aromatic ring is 1. The molecule has 1 aromatic carbocycles. The van der Waals surface area contributed by atoms with Crippen molar-refractivity contribution in [2.45, 2.75) is 51.4 Å². The molecule has 25 heavy (non-hydrogen) atoms. The summed E-state index contributed by atoms with van der Waals surface area (Å²) in [5.74, 6) is -0.363. The number of halogens is 2. The number of benzene rings is 1. The fraction of sp³-hybridized carbons (Fsp3) is 0.556. The predicted octanol–water partition coefficient (Wildman–Crippen LogP) is 4.57. The minimum atomic E-state index is -0.183. The molecule has 0 amide bonds. The second-order valence-electron chi connectivity index (χ2n) is 5.79. The number of nitrogens with two attached hydrogens (primary N) is 1. The molecule has 7 heteroatoms. The van der Waals surface area contributed by atoms with Crippen LogP contribution in [0.4, 0.5) is 5.69 Å². The van der Waals surface area contributed by atoms with Crippen LogP contribution >= 0.6 is 31.9 Å². The fourth-order valence-electron chi connectivity index (χ4n) is 2.52. The van der Waals surface area contributed by atoms with E-state index in [1.807, 2.05) is 6.07 Å². The van der Waals surface area contributed by atoms with Gasteiger partial charge in [0.2, 0.25) is 0 Å². The van der Waals surface area contributed by atoms with E-state index in [2.05, 4.69) is 41.3 Å². The number of rotatable bonds is 10. The van der Waals surface area contributed by atoms with Crippen LogP contribution in [0.1, 0.15) is 49.7 Å². The summed E-state index contributed by atoms with van der Waals surface area (Å²) >= 11 is 7.22. The van der Waals surface area contributed by atoms with Crippen molar-refractivity contribution in [1.29, 1.82) is 0 Å². The van der Waals surface area contributed by atoms with Crippen molar-refractivity contribution in [1.82, 2.24) is 0 Å². The van der Waals surface area contributed by atoms with Crippen molar-refractivity contribution in [3.8, 4) is 0 Å². The van der Waals surface area contributed by atoms with Gasteiger partial charge in [-0.1, -0.05) is 15.9 Å². The molecule has 0 atom stereocenters. The molecule has 0 spiro atoms. The summed E-state index contributed by atoms with van der Waals surface area (Å²) in [6.45, 7) is 0. The van der Waals surface area contributed by atoms with Crippen LogP contribution < -0.4 is 5.73 Å². The summed E-state index contributed by atoms with van der Waals surface area (Å²) in [6.07, 6.45) is 5.79. The van der Waals surface area contributed by atoms with Crippen LogP contribution in [-0.2, 0) is 31.9 Å². The van der Waals surface area contributed by atoms with Crippen LogP contribution in [0.5, 0.6) is 0 Å². The third kappa shape index (κ3) is 7.36. The first kappa shape index (κ1) is 22.0. The van der Waals surface area contributed by atoms with Crippen molar-refractivity contribution in [2.24, 2.45) is 0 Å². The molecule has 140 valence electrons. The van der Waals surface area contributed by atoms with Gasteiger partial charge in [0.25, 0.3) is 0 Å². The number of anilines is 1. The third-order valence-corrected chi connectivity index (χ3v) is 5.64. The Labute approximate surface area is 165 Å². The SMILES string of the molecule is COC(=O)CCCCc1cc(Br)c(CCCCC(=O)OC)c(Br)c1N. The number of aryl methyl sites for hydroxylation is 1. The largest absolute Gasteiger partial charge is 0.469 e. The summed E-state index contributed by atoms with van der Waals surface area (Å²) < 4.78 is 11.2. The molecule has 2 N–H and O–H groups in total. The van der Waals surface area contributed by atoms with Gasteiger partial charge in [0.05, 0.1) is 14.2 Å². The van der Waals surface area contributed by atoms with Crippen LogP contribution in [-0.4, -0.2) is 26.2 Å². The zero-order valence-electron chi connectivity index (χ0n) is 14.7. The predicted molar refractivity (Wildman–Crippen MR) is 105 cm³/mol. The van der Waals surface area contributed by atoms with Gasteiger partial charge in [-0.25, -0.2) is 0 Å². The Hall–Kier alpha value is -1.08. The highest BCUT2D eigenvalue weighted by Gasteiger charge is 2.13. The van der Waals surface area contributed by atoms with Gasteiger partial charge in [-0.2, -0.15) is 0 Å². The standard InChI is InChI=1S/C18H25Br2NO4/c1-24-15(22)9-5-3-7-12-11-14(19)13(17(20)18(12)21)8-4-6-10-16(23)25-2/h11H,3-10,21H2,1-2H3. The first-order valence-electron chi connectivity index (χ1n) is 8.29. The first-order valence-corrected chi connectivity index (χ1v) is 9.88. The van der Waals surface area contributed by atoms with Gasteiger partial charge in [-0.15, -0.1) is 0 Å². The summed E-state index contributed by atoms with van der Waals surface area (Å²) in [5.41, 5.74) is 9.17. The molecular formula is C18H25Br2NO4. The highest BCUT2D eigenvalue weighted by atomic mass is 79.9. The van der Waals surface area contributed by atoms with E-state index in [4.69, 9.17) is 5.73 Å². The topological polar surface area (TPSA) is 78.6 Å². The number of esters is 2. The molecule has 0 saturated heterocycles. The molecule has 0 saturated carbocycles. The number of ether oxygens (including phenoxy) is 2. The average Bonchev–Trinajstić information content (AvgIpc) is 2.61. The maximum absolute atomic E-state index is 11.2. The van der Waals surface area contributed by atoms with Crippen molar-refractivity contribution < 1.29 is 19.1 Å². The van der Waals surface area contributed by atoms with Crippen LogP contribution in [0.25, 0.3) is 0 Å². The zero-order valence-corrected chi connectivity index (χ0v) is 17.9. The van der Waals surface area contributed by atoms with Crippen molar-refractivity contribution in [3.63, 3.8) is 0 Å². The number of unbranched alkanes of at least 4 members (excludes halogenated alkanes) is 2. The van der Waals surface area contributed by atoms with Gasteiger partial charge >= 0.3 is 11.9 Å². The first-order chi connectivity index (χ1) is 11.9. The summed E-state index contributed by atoms with van der Waals surface area (Å²) in [4.78, 5) is 22.3. The van der Waals surface area contributed by atoms with E-state index in [9.17, 15) is 9.59 Å². The Bertz CT molecular complexity index is 605. The summed E-state index contributed by atoms with van der Waals surface area (Å²) in [7, 11) is 2.80. The zero-order chi connectivity index (χ0) is 18.8. The Balaban J connectivity index is 2.61. The van der Waals surface area contributed by atoms with E-state index < -0.39 is 0 Å². The van der Waals surface area contributed by atoms with Gasteiger partial charge in [0.15, 0.2) is 0 Å². The molecule has 1 aromatic rings. The van der Waals surface area contributed by atoms with Crippen molar-refractivity contribution in [2.75, 3.05) is 20.0 Å². The van der Waals surface area contributed by atoms with Crippen molar-refractivity contribution >= 4 is 49.5 Å². The molecule has 0 fully saturated rings. The molecule has 1 rings (SSSR count). The van der Waals surface area contributed by atoms with Crippen LogP contribution in [0.15, 0.2) is 15.0 Å². The molecule has 0 radical (unpaired) electrons. The normalized spacial score (nSPS) is 10.6. The smallest absolute Gasteiger partial charge is 0.305 e. The molecule has 0 aliphatic carbocycles. The lowest BCUT2D eigenvalue weighted by Gasteiger charge is -2.14. The minimum Gasteiger partial charge on any atom is -0.469 e. The number of methoxy groups -OCH3 is 2. The summed E-state index contributed by atoms with van der Waals surface area (Å²) in [5, 5.41) is 0. The van der Waals surface area contributed by atoms with E-state index in [0.29, 0.717) is 12.8 Å². The third-order valence-electron chi connectivity index (χ3n) is 4.03. The Morgan fingerprint density at radius 1 is 0.960 bits per heavy atom. The van der Waals surface area contributed by atoms with E-state index >= 15 is 0 Å². The Morgan fingerprint density at radius 2 is 1.48 bits per heavy atom. The number of carbonyl (C=O) groups excluding carboxylic acids is 2. The summed E-state index contributed by atoms with van der Waals surface area (Å²) in [6, 6.07) is 2.05. The van der Waals surface area contributed by atoms with Crippen LogP contribution in [0.3, 0.4) is 0 Å². The van der Waals surface area contributed by atoms with E-state index in [1.54, 1.807) is 0 Å². The Kier molecular flexibility index (Phi) is 10.1. The molecule has 0 aliphatic heterocycles. The highest BCUT2D eigenvalue weighted by molar-refractivity contribution is 9.11. The second-order valence-corrected chi connectivity index (χ2v) is 7.44. The minimum absolute atomic E-state index is 0.181. The Morgan fingerprint density at radius 3 is 2.00 bits per heavy atom. The fourth-order valence-corrected chi connectivity index (χ4v) is 4.13. The van der Waals surface area contributed by atoms with Gasteiger partial charge < -0.3 is 15.2 Å². The maximum Gasteiger partial charge on any atom is 0.305 e. The number of hydrogen-bond donors (Lipinski definition) is 1. The van der Waals surface area contributed by atoms with Crippen molar-refractivity contribution in [3.05, 3.63) is 26.1 Å².